The van der Waals surface area contributed by atoms with Crippen LogP contribution in [0.3, 0.4) is 0 Å². The fourth-order valence-electron chi connectivity index (χ4n) is 15.2. The van der Waals surface area contributed by atoms with Gasteiger partial charge in [-0.05, 0) is 119 Å². The predicted octanol–water partition coefficient (Wildman–Crippen LogP) is 11.5. The van der Waals surface area contributed by atoms with Gasteiger partial charge >= 0.3 is 0 Å². The standard InChI is InChI=1S/C66H44B2N2/c1-65(2)49-20-9-11-23-53(49)67-59-46-30-28-39-15-4-6-17-41(39)43(46)32-34-57(59)70-58-35-38(27-29-45(58)47-31-33-51(65)62(67)63(47)70)37-66(3)50-21-10-12-24-54(50)68-60-42-18-7-5-16-40(42)36-48-44-19-8-13-25-55(44)69(64(48)60)56-26-14-22-52(66)61(56)68/h4-36H,37H2,1-3H3. The predicted molar refractivity (Wildman–Crippen MR) is 299 cm³/mol. The van der Waals surface area contributed by atoms with E-state index in [0.29, 0.717) is 0 Å². The van der Waals surface area contributed by atoms with Crippen molar-refractivity contribution in [3.8, 4) is 11.4 Å². The fraction of sp³-hybridized carbons (Fsp3) is 0.0909. The summed E-state index contributed by atoms with van der Waals surface area (Å²) in [5.41, 5.74) is 23.2. The molecule has 2 aromatic heterocycles. The van der Waals surface area contributed by atoms with Crippen LogP contribution >= 0.6 is 0 Å². The van der Waals surface area contributed by atoms with Crippen molar-refractivity contribution >= 4 is 122 Å². The molecule has 17 rings (SSSR count). The van der Waals surface area contributed by atoms with Crippen molar-refractivity contribution in [2.24, 2.45) is 0 Å². The Balaban J connectivity index is 0.927. The number of para-hydroxylation sites is 1. The molecule has 0 bridgehead atoms. The quantitative estimate of drug-likeness (QED) is 0.121. The molecule has 0 fully saturated rings. The molecule has 1 unspecified atom stereocenters. The van der Waals surface area contributed by atoms with E-state index in [9.17, 15) is 0 Å². The lowest BCUT2D eigenvalue weighted by atomic mass is 9.29. The lowest BCUT2D eigenvalue weighted by Crippen LogP contribution is -2.64. The maximum Gasteiger partial charge on any atom is 0.248 e. The average molecular weight is 887 g/mol. The Labute approximate surface area is 406 Å². The Morgan fingerprint density at radius 1 is 0.357 bits per heavy atom. The molecular formula is C66H44B2N2. The Hall–Kier alpha value is -8.07. The van der Waals surface area contributed by atoms with E-state index >= 15 is 0 Å². The summed E-state index contributed by atoms with van der Waals surface area (Å²) in [5.74, 6) is 0. The van der Waals surface area contributed by atoms with Gasteiger partial charge in [-0.15, -0.1) is 0 Å². The number of aromatic nitrogens is 2. The summed E-state index contributed by atoms with van der Waals surface area (Å²) in [6.45, 7) is 7.65. The molecule has 0 radical (unpaired) electrons. The third-order valence-corrected chi connectivity index (χ3v) is 18.1. The highest BCUT2D eigenvalue weighted by Crippen LogP contribution is 2.46. The monoisotopic (exact) mass is 886 g/mol. The minimum atomic E-state index is -0.308. The molecule has 70 heavy (non-hydrogen) atoms. The third-order valence-electron chi connectivity index (χ3n) is 18.1. The van der Waals surface area contributed by atoms with Crippen LogP contribution in [0.2, 0.25) is 0 Å². The number of benzene rings is 11. The molecule has 0 saturated heterocycles. The van der Waals surface area contributed by atoms with Gasteiger partial charge in [0.25, 0.3) is 0 Å². The molecule has 0 spiro atoms. The lowest BCUT2D eigenvalue weighted by Gasteiger charge is -2.44. The van der Waals surface area contributed by atoms with Crippen molar-refractivity contribution in [1.82, 2.24) is 9.13 Å². The smallest absolute Gasteiger partial charge is 0.248 e. The first-order valence-electron chi connectivity index (χ1n) is 25.2. The maximum absolute atomic E-state index is 2.68. The number of hydrogen-bond donors (Lipinski definition) is 0. The van der Waals surface area contributed by atoms with Gasteiger partial charge in [-0.25, -0.2) is 0 Å². The summed E-state index contributed by atoms with van der Waals surface area (Å²) in [4.78, 5) is 0. The van der Waals surface area contributed by atoms with Crippen LogP contribution in [-0.2, 0) is 17.3 Å². The number of nitrogens with zero attached hydrogens (tertiary/aromatic N) is 2. The van der Waals surface area contributed by atoms with Gasteiger partial charge in [0.1, 0.15) is 0 Å². The summed E-state index contributed by atoms with van der Waals surface area (Å²) >= 11 is 0. The average Bonchev–Trinajstić information content (AvgIpc) is 3.91. The zero-order valence-corrected chi connectivity index (χ0v) is 39.3. The van der Waals surface area contributed by atoms with Gasteiger partial charge in [-0.3, -0.25) is 0 Å². The molecule has 0 aliphatic carbocycles. The molecule has 4 aliphatic heterocycles. The van der Waals surface area contributed by atoms with Crippen LogP contribution in [0.15, 0.2) is 200 Å². The number of fused-ring (bicyclic) bond motifs is 21. The summed E-state index contributed by atoms with van der Waals surface area (Å²) < 4.78 is 5.29. The van der Waals surface area contributed by atoms with E-state index in [4.69, 9.17) is 0 Å². The van der Waals surface area contributed by atoms with Gasteiger partial charge in [0, 0.05) is 54.8 Å². The molecule has 324 valence electrons. The lowest BCUT2D eigenvalue weighted by molar-refractivity contribution is 0.571. The van der Waals surface area contributed by atoms with Crippen molar-refractivity contribution in [2.75, 3.05) is 0 Å². The minimum absolute atomic E-state index is 0.112. The van der Waals surface area contributed by atoms with Crippen LogP contribution in [0, 0.1) is 0 Å². The maximum atomic E-state index is 2.68. The molecule has 13 aromatic rings. The van der Waals surface area contributed by atoms with Gasteiger partial charge in [-0.2, -0.15) is 0 Å². The Kier molecular flexibility index (Phi) is 6.90. The number of hydrogen-bond acceptors (Lipinski definition) is 0. The van der Waals surface area contributed by atoms with Crippen molar-refractivity contribution in [2.45, 2.75) is 38.0 Å². The topological polar surface area (TPSA) is 9.86 Å². The van der Waals surface area contributed by atoms with E-state index in [2.05, 4.69) is 230 Å². The molecule has 0 N–H and O–H groups in total. The number of rotatable bonds is 2. The van der Waals surface area contributed by atoms with Crippen LogP contribution in [0.1, 0.15) is 48.6 Å². The van der Waals surface area contributed by atoms with Gasteiger partial charge in [0.05, 0.1) is 11.0 Å². The van der Waals surface area contributed by atoms with Gasteiger partial charge in [-0.1, -0.05) is 202 Å². The molecule has 2 nitrogen and oxygen atoms in total. The van der Waals surface area contributed by atoms with E-state index in [-0.39, 0.29) is 24.3 Å². The van der Waals surface area contributed by atoms with Gasteiger partial charge < -0.3 is 9.13 Å². The Morgan fingerprint density at radius 3 is 1.84 bits per heavy atom. The van der Waals surface area contributed by atoms with E-state index < -0.39 is 0 Å². The van der Waals surface area contributed by atoms with Crippen molar-refractivity contribution in [3.05, 3.63) is 228 Å². The molecule has 0 saturated carbocycles. The Morgan fingerprint density at radius 2 is 0.971 bits per heavy atom. The zero-order chi connectivity index (χ0) is 45.9. The van der Waals surface area contributed by atoms with E-state index in [1.807, 2.05) is 0 Å². The highest BCUT2D eigenvalue weighted by Gasteiger charge is 2.48. The van der Waals surface area contributed by atoms with Gasteiger partial charge in [0.2, 0.25) is 13.4 Å². The molecule has 4 heteroatoms. The van der Waals surface area contributed by atoms with Crippen LogP contribution in [0.25, 0.3) is 87.3 Å². The van der Waals surface area contributed by atoms with Crippen LogP contribution < -0.4 is 32.8 Å². The highest BCUT2D eigenvalue weighted by atomic mass is 15.0. The second-order valence-corrected chi connectivity index (χ2v) is 21.7. The molecule has 1 atom stereocenters. The first-order chi connectivity index (χ1) is 34.4. The molecule has 6 heterocycles. The first kappa shape index (κ1) is 37.9. The highest BCUT2D eigenvalue weighted by molar-refractivity contribution is 7.01. The SMILES string of the molecule is CC1(C)c2ccccc2B2c3c(ccc4c3ccc3ccccc34)-n3c4cc(CC5(C)c6ccccc6B6c7c(cccc75)-n5c7ccccc7c7cc8ccccc8c6c75)ccc4c4ccc1c2c43. The summed E-state index contributed by atoms with van der Waals surface area (Å²) in [6, 6.07) is 77.4. The zero-order valence-electron chi connectivity index (χ0n) is 39.3. The third kappa shape index (κ3) is 4.38. The summed E-state index contributed by atoms with van der Waals surface area (Å²) in [7, 11) is 0. The second kappa shape index (κ2) is 12.8. The van der Waals surface area contributed by atoms with Crippen molar-refractivity contribution < 1.29 is 0 Å². The summed E-state index contributed by atoms with van der Waals surface area (Å²) in [6.07, 6.45) is 0.868. The van der Waals surface area contributed by atoms with Crippen LogP contribution in [0.5, 0.6) is 0 Å². The largest absolute Gasteiger partial charge is 0.310 e. The van der Waals surface area contributed by atoms with E-state index in [1.165, 1.54) is 148 Å². The van der Waals surface area contributed by atoms with Crippen molar-refractivity contribution in [3.63, 3.8) is 0 Å². The fourth-order valence-corrected chi connectivity index (χ4v) is 15.2. The Bertz CT molecular complexity index is 4590. The normalized spacial score (nSPS) is 16.7. The second-order valence-electron chi connectivity index (χ2n) is 21.7. The molecule has 4 aliphatic rings. The molecule has 0 amide bonds. The van der Waals surface area contributed by atoms with Crippen LogP contribution in [-0.4, -0.2) is 22.6 Å². The van der Waals surface area contributed by atoms with Crippen molar-refractivity contribution in [1.29, 1.82) is 0 Å². The van der Waals surface area contributed by atoms with Gasteiger partial charge in [0.15, 0.2) is 0 Å². The van der Waals surface area contributed by atoms with E-state index in [0.717, 1.165) is 6.42 Å². The van der Waals surface area contributed by atoms with E-state index in [1.54, 1.807) is 0 Å². The minimum Gasteiger partial charge on any atom is -0.310 e. The molecule has 11 aromatic carbocycles. The molecular weight excluding hydrogens is 842 g/mol. The summed E-state index contributed by atoms with van der Waals surface area (Å²) in [5, 5.41) is 13.2. The first-order valence-corrected chi connectivity index (χ1v) is 25.2. The van der Waals surface area contributed by atoms with Crippen LogP contribution in [0.4, 0.5) is 0 Å².